The number of hydrogen-bond acceptors (Lipinski definition) is 6. The fourth-order valence-electron chi connectivity index (χ4n) is 3.30. The fraction of sp³-hybridized carbons (Fsp3) is 0.286. The lowest BCUT2D eigenvalue weighted by Crippen LogP contribution is -2.41. The summed E-state index contributed by atoms with van der Waals surface area (Å²) in [6.45, 7) is 6.30. The van der Waals surface area contributed by atoms with Crippen molar-refractivity contribution in [3.05, 3.63) is 64.4 Å². The first-order valence-electron chi connectivity index (χ1n) is 9.62. The Kier molecular flexibility index (Phi) is 5.87. The smallest absolute Gasteiger partial charge is 0.240 e. The summed E-state index contributed by atoms with van der Waals surface area (Å²) in [7, 11) is 0. The van der Waals surface area contributed by atoms with Gasteiger partial charge in [0.1, 0.15) is 16.8 Å². The van der Waals surface area contributed by atoms with Gasteiger partial charge in [0.25, 0.3) is 0 Å². The molecule has 0 fully saturated rings. The molecule has 156 valence electrons. The van der Waals surface area contributed by atoms with Crippen LogP contribution in [0.5, 0.6) is 5.75 Å². The van der Waals surface area contributed by atoms with Crippen LogP contribution in [0.2, 0.25) is 5.02 Å². The minimum absolute atomic E-state index is 0.136. The first-order chi connectivity index (χ1) is 14.5. The van der Waals surface area contributed by atoms with Crippen LogP contribution in [0.1, 0.15) is 29.9 Å². The van der Waals surface area contributed by atoms with E-state index in [0.717, 1.165) is 22.7 Å². The van der Waals surface area contributed by atoms with Gasteiger partial charge in [0.15, 0.2) is 0 Å². The van der Waals surface area contributed by atoms with Crippen molar-refractivity contribution in [3.8, 4) is 5.75 Å². The number of carbonyl (C=O) groups excluding carboxylic acids is 1. The number of hydrogen-bond donors (Lipinski definition) is 2. The van der Waals surface area contributed by atoms with Crippen molar-refractivity contribution in [2.24, 2.45) is 0 Å². The van der Waals surface area contributed by atoms with Crippen molar-refractivity contribution in [1.29, 1.82) is 0 Å². The Morgan fingerprint density at radius 3 is 2.73 bits per heavy atom. The molecule has 0 radical (unpaired) electrons. The van der Waals surface area contributed by atoms with Gasteiger partial charge in [-0.1, -0.05) is 41.6 Å². The maximum Gasteiger partial charge on any atom is 0.240 e. The average Bonchev–Trinajstić information content (AvgIpc) is 3.11. The maximum absolute atomic E-state index is 13.3. The third-order valence-electron chi connectivity index (χ3n) is 4.93. The minimum Gasteiger partial charge on any atom is -0.494 e. The average molecular weight is 444 g/mol. The van der Waals surface area contributed by atoms with Crippen LogP contribution in [-0.2, 0) is 4.79 Å². The molecule has 0 saturated carbocycles. The topological polar surface area (TPSA) is 81.1 Å². The second kappa shape index (κ2) is 8.57. The molecule has 4 rings (SSSR count). The van der Waals surface area contributed by atoms with E-state index in [9.17, 15) is 4.79 Å². The van der Waals surface area contributed by atoms with Crippen molar-refractivity contribution in [2.45, 2.75) is 37.2 Å². The number of ether oxygens (including phenoxy) is 1. The molecule has 2 heterocycles. The quantitative estimate of drug-likeness (QED) is 0.610. The van der Waals surface area contributed by atoms with Crippen LogP contribution >= 0.6 is 23.4 Å². The maximum atomic E-state index is 13.3. The van der Waals surface area contributed by atoms with Gasteiger partial charge in [-0.15, -0.1) is 10.2 Å². The van der Waals surface area contributed by atoms with E-state index in [1.165, 1.54) is 11.8 Å². The van der Waals surface area contributed by atoms with E-state index in [-0.39, 0.29) is 11.9 Å². The Bertz CT molecular complexity index is 1070. The van der Waals surface area contributed by atoms with Gasteiger partial charge in [-0.3, -0.25) is 4.79 Å². The summed E-state index contributed by atoms with van der Waals surface area (Å²) in [5.74, 6) is 1.39. The van der Waals surface area contributed by atoms with Gasteiger partial charge in [0.05, 0.1) is 12.6 Å². The molecule has 0 saturated heterocycles. The highest BCUT2D eigenvalue weighted by atomic mass is 35.5. The molecular formula is C21H22ClN5O2S. The number of nitrogens with one attached hydrogen (secondary N) is 2. The van der Waals surface area contributed by atoms with Gasteiger partial charge in [-0.2, -0.15) is 0 Å². The predicted octanol–water partition coefficient (Wildman–Crippen LogP) is 4.34. The van der Waals surface area contributed by atoms with Crippen molar-refractivity contribution in [2.75, 3.05) is 17.3 Å². The van der Waals surface area contributed by atoms with E-state index in [2.05, 4.69) is 20.9 Å². The zero-order chi connectivity index (χ0) is 21.3. The number of nitrogens with zero attached hydrogens (tertiary/aromatic N) is 3. The summed E-state index contributed by atoms with van der Waals surface area (Å²) >= 11 is 7.60. The van der Waals surface area contributed by atoms with E-state index >= 15 is 0 Å². The lowest BCUT2D eigenvalue weighted by Gasteiger charge is -2.33. The van der Waals surface area contributed by atoms with Gasteiger partial charge in [-0.25, -0.2) is 4.68 Å². The molecule has 2 atom stereocenters. The monoisotopic (exact) mass is 443 g/mol. The number of halogens is 1. The number of benzene rings is 2. The van der Waals surface area contributed by atoms with Crippen LogP contribution < -0.4 is 15.5 Å². The molecule has 2 N–H and O–H groups in total. The largest absolute Gasteiger partial charge is 0.494 e. The predicted molar refractivity (Wildman–Crippen MR) is 119 cm³/mol. The minimum atomic E-state index is -0.461. The van der Waals surface area contributed by atoms with Crippen molar-refractivity contribution in [3.63, 3.8) is 0 Å². The number of thioether (sulfide) groups is 1. The standard InChI is InChI=1S/C21H22ClN5O2S/c1-4-29-15-10-8-14(9-11-15)18-19(30-21-25-24-13(3)27(21)26-18)20(28)23-17-7-5-6-16(22)12(17)2/h5-11,18-19,26H,4H2,1-3H3,(H,23,28)/t18-,19+/m1/s1. The number of carbonyl (C=O) groups is 1. The molecule has 2 aromatic carbocycles. The lowest BCUT2D eigenvalue weighted by molar-refractivity contribution is -0.116. The first kappa shape index (κ1) is 20.6. The van der Waals surface area contributed by atoms with Crippen LogP contribution in [0.25, 0.3) is 0 Å². The molecule has 0 aliphatic carbocycles. The number of amides is 1. The molecule has 1 amide bonds. The number of aromatic nitrogens is 3. The van der Waals surface area contributed by atoms with Gasteiger partial charge in [0.2, 0.25) is 11.1 Å². The number of rotatable bonds is 5. The van der Waals surface area contributed by atoms with E-state index in [0.29, 0.717) is 22.5 Å². The summed E-state index contributed by atoms with van der Waals surface area (Å²) in [5, 5.41) is 12.1. The summed E-state index contributed by atoms with van der Waals surface area (Å²) in [5.41, 5.74) is 5.89. The summed E-state index contributed by atoms with van der Waals surface area (Å²) < 4.78 is 7.37. The second-order valence-electron chi connectivity index (χ2n) is 6.91. The molecule has 1 aromatic heterocycles. The zero-order valence-corrected chi connectivity index (χ0v) is 18.4. The highest BCUT2D eigenvalue weighted by molar-refractivity contribution is 8.00. The molecule has 30 heavy (non-hydrogen) atoms. The Morgan fingerprint density at radius 1 is 1.23 bits per heavy atom. The Hall–Kier alpha value is -2.71. The molecule has 3 aromatic rings. The Labute approximate surface area is 184 Å². The van der Waals surface area contributed by atoms with Crippen molar-refractivity contribution in [1.82, 2.24) is 14.9 Å². The molecule has 0 unspecified atom stereocenters. The second-order valence-corrected chi connectivity index (χ2v) is 8.43. The van der Waals surface area contributed by atoms with E-state index in [1.54, 1.807) is 6.07 Å². The number of anilines is 1. The summed E-state index contributed by atoms with van der Waals surface area (Å²) in [6, 6.07) is 13.0. The van der Waals surface area contributed by atoms with Crippen LogP contribution in [0.3, 0.4) is 0 Å². The van der Waals surface area contributed by atoms with Gasteiger partial charge in [0, 0.05) is 10.7 Å². The number of aryl methyl sites for hydroxylation is 1. The number of fused-ring (bicyclic) bond motifs is 1. The van der Waals surface area contributed by atoms with Crippen LogP contribution in [0.15, 0.2) is 47.6 Å². The van der Waals surface area contributed by atoms with Crippen LogP contribution in [-0.4, -0.2) is 32.6 Å². The first-order valence-corrected chi connectivity index (χ1v) is 10.9. The van der Waals surface area contributed by atoms with Gasteiger partial charge >= 0.3 is 0 Å². The lowest BCUT2D eigenvalue weighted by atomic mass is 10.0. The zero-order valence-electron chi connectivity index (χ0n) is 16.8. The molecule has 1 aliphatic rings. The van der Waals surface area contributed by atoms with Crippen LogP contribution in [0, 0.1) is 13.8 Å². The molecule has 0 spiro atoms. The third-order valence-corrected chi connectivity index (χ3v) is 6.56. The van der Waals surface area contributed by atoms with E-state index in [1.807, 2.05) is 61.8 Å². The summed E-state index contributed by atoms with van der Waals surface area (Å²) in [4.78, 5) is 13.3. The van der Waals surface area contributed by atoms with Crippen molar-refractivity contribution < 1.29 is 9.53 Å². The Morgan fingerprint density at radius 2 is 2.00 bits per heavy atom. The van der Waals surface area contributed by atoms with Gasteiger partial charge in [-0.05, 0) is 56.2 Å². The van der Waals surface area contributed by atoms with Crippen LogP contribution in [0.4, 0.5) is 5.69 Å². The molecule has 1 aliphatic heterocycles. The van der Waals surface area contributed by atoms with Gasteiger partial charge < -0.3 is 15.5 Å². The van der Waals surface area contributed by atoms with E-state index in [4.69, 9.17) is 16.3 Å². The molecular weight excluding hydrogens is 422 g/mol. The van der Waals surface area contributed by atoms with Crippen molar-refractivity contribution >= 4 is 35.0 Å². The molecule has 7 nitrogen and oxygen atoms in total. The molecule has 9 heteroatoms. The Balaban J connectivity index is 1.65. The highest BCUT2D eigenvalue weighted by Gasteiger charge is 2.37. The molecule has 0 bridgehead atoms. The van der Waals surface area contributed by atoms with E-state index < -0.39 is 5.25 Å². The summed E-state index contributed by atoms with van der Waals surface area (Å²) in [6.07, 6.45) is 0. The fourth-order valence-corrected chi connectivity index (χ4v) is 4.60. The highest BCUT2D eigenvalue weighted by Crippen LogP contribution is 2.38. The normalized spacial score (nSPS) is 17.7. The SMILES string of the molecule is CCOc1ccc([C@H]2Nn3c(C)nnc3S[C@@H]2C(=O)Nc2cccc(Cl)c2C)cc1. The third kappa shape index (κ3) is 3.97.